The van der Waals surface area contributed by atoms with Crippen LogP contribution in [0.25, 0.3) is 0 Å². The molecule has 8 nitrogen and oxygen atoms in total. The van der Waals surface area contributed by atoms with Crippen LogP contribution < -0.4 is 14.4 Å². The molecule has 0 aliphatic heterocycles. The lowest BCUT2D eigenvalue weighted by atomic mass is 10.1. The largest absolute Gasteiger partial charge is 0.492 e. The zero-order chi connectivity index (χ0) is 28.6. The Bertz CT molecular complexity index is 1380. The van der Waals surface area contributed by atoms with Gasteiger partial charge in [0.25, 0.3) is 10.0 Å². The van der Waals surface area contributed by atoms with Crippen LogP contribution in [0.4, 0.5) is 5.69 Å². The maximum absolute atomic E-state index is 14.0. The first-order chi connectivity index (χ1) is 18.6. The molecule has 0 unspecified atom stereocenters. The molecular weight excluding hydrogens is 538 g/mol. The fraction of sp³-hybridized carbons (Fsp3) is 0.310. The maximum atomic E-state index is 14.0. The van der Waals surface area contributed by atoms with Gasteiger partial charge in [-0.2, -0.15) is 0 Å². The number of sulfonamides is 1. The molecule has 2 amide bonds. The van der Waals surface area contributed by atoms with E-state index in [1.165, 1.54) is 17.0 Å². The molecule has 10 heteroatoms. The Labute approximate surface area is 235 Å². The van der Waals surface area contributed by atoms with Crippen molar-refractivity contribution in [3.63, 3.8) is 0 Å². The summed E-state index contributed by atoms with van der Waals surface area (Å²) in [5.41, 5.74) is 0.845. The van der Waals surface area contributed by atoms with E-state index in [-0.39, 0.29) is 29.1 Å². The van der Waals surface area contributed by atoms with Gasteiger partial charge in [-0.25, -0.2) is 8.42 Å². The molecule has 0 bridgehead atoms. The second-order valence-electron chi connectivity index (χ2n) is 9.18. The minimum Gasteiger partial charge on any atom is -0.492 e. The average Bonchev–Trinajstić information content (AvgIpc) is 2.91. The highest BCUT2D eigenvalue weighted by molar-refractivity contribution is 7.92. The summed E-state index contributed by atoms with van der Waals surface area (Å²) in [5.74, 6) is -0.625. The lowest BCUT2D eigenvalue weighted by Gasteiger charge is -2.32. The number of amides is 2. The number of hydrogen-bond donors (Lipinski definition) is 1. The van der Waals surface area contributed by atoms with Crippen LogP contribution in [-0.4, -0.2) is 50.4 Å². The number of ether oxygens (including phenoxy) is 1. The first-order valence-corrected chi connectivity index (χ1v) is 14.5. The number of para-hydroxylation sites is 2. The van der Waals surface area contributed by atoms with Gasteiger partial charge in [0, 0.05) is 17.6 Å². The Kier molecular flexibility index (Phi) is 10.4. The van der Waals surface area contributed by atoms with Crippen molar-refractivity contribution in [2.24, 2.45) is 0 Å². The normalized spacial score (nSPS) is 12.1. The highest BCUT2D eigenvalue weighted by atomic mass is 35.5. The number of carbonyl (C=O) groups excluding carboxylic acids is 2. The van der Waals surface area contributed by atoms with Crippen LogP contribution in [0.1, 0.15) is 33.3 Å². The molecule has 1 N–H and O–H groups in total. The van der Waals surface area contributed by atoms with Gasteiger partial charge in [-0.1, -0.05) is 60.1 Å². The van der Waals surface area contributed by atoms with E-state index < -0.39 is 28.5 Å². The van der Waals surface area contributed by atoms with Crippen molar-refractivity contribution in [2.75, 3.05) is 17.5 Å². The van der Waals surface area contributed by atoms with Gasteiger partial charge in [0.15, 0.2) is 0 Å². The molecule has 208 valence electrons. The third kappa shape index (κ3) is 7.52. The average molecular weight is 572 g/mol. The number of rotatable bonds is 12. The second-order valence-corrected chi connectivity index (χ2v) is 11.4. The van der Waals surface area contributed by atoms with Gasteiger partial charge in [-0.05, 0) is 63.6 Å². The van der Waals surface area contributed by atoms with Crippen molar-refractivity contribution in [3.8, 4) is 5.75 Å². The molecule has 1 atom stereocenters. The number of carbonyl (C=O) groups is 2. The molecule has 3 aromatic rings. The summed E-state index contributed by atoms with van der Waals surface area (Å²) in [4.78, 5) is 28.3. The zero-order valence-electron chi connectivity index (χ0n) is 22.5. The van der Waals surface area contributed by atoms with Gasteiger partial charge in [-0.15, -0.1) is 0 Å². The number of nitrogens with zero attached hydrogens (tertiary/aromatic N) is 2. The minimum atomic E-state index is -4.19. The van der Waals surface area contributed by atoms with E-state index in [1.807, 2.05) is 13.8 Å². The van der Waals surface area contributed by atoms with Crippen molar-refractivity contribution in [3.05, 3.63) is 89.4 Å². The van der Waals surface area contributed by atoms with Crippen LogP contribution in [0.3, 0.4) is 0 Å². The topological polar surface area (TPSA) is 96.0 Å². The van der Waals surface area contributed by atoms with Crippen LogP contribution in [-0.2, 0) is 26.2 Å². The summed E-state index contributed by atoms with van der Waals surface area (Å²) in [5, 5.41) is 3.26. The fourth-order valence-corrected chi connectivity index (χ4v) is 5.61. The third-order valence-corrected chi connectivity index (χ3v) is 8.08. The summed E-state index contributed by atoms with van der Waals surface area (Å²) in [6.07, 6.45) is 0. The van der Waals surface area contributed by atoms with Crippen LogP contribution in [0.15, 0.2) is 83.8 Å². The summed E-state index contributed by atoms with van der Waals surface area (Å²) >= 11 is 6.39. The smallest absolute Gasteiger partial charge is 0.264 e. The summed E-state index contributed by atoms with van der Waals surface area (Å²) < 4.78 is 34.6. The van der Waals surface area contributed by atoms with Gasteiger partial charge in [0.1, 0.15) is 18.3 Å². The first kappa shape index (κ1) is 30.0. The van der Waals surface area contributed by atoms with Crippen LogP contribution in [0.2, 0.25) is 5.02 Å². The van der Waals surface area contributed by atoms with Gasteiger partial charge >= 0.3 is 0 Å². The van der Waals surface area contributed by atoms with Crippen molar-refractivity contribution in [2.45, 2.75) is 51.2 Å². The van der Waals surface area contributed by atoms with E-state index in [0.717, 1.165) is 4.31 Å². The van der Waals surface area contributed by atoms with E-state index in [0.29, 0.717) is 22.9 Å². The van der Waals surface area contributed by atoms with Crippen LogP contribution in [0, 0.1) is 0 Å². The Balaban J connectivity index is 2.08. The molecule has 0 saturated carbocycles. The lowest BCUT2D eigenvalue weighted by Crippen LogP contribution is -2.52. The Hall–Kier alpha value is -3.56. The van der Waals surface area contributed by atoms with Crippen molar-refractivity contribution >= 4 is 39.1 Å². The molecule has 0 spiro atoms. The Morgan fingerprint density at radius 1 is 0.923 bits per heavy atom. The van der Waals surface area contributed by atoms with E-state index in [4.69, 9.17) is 16.3 Å². The maximum Gasteiger partial charge on any atom is 0.264 e. The van der Waals surface area contributed by atoms with Gasteiger partial charge in [-0.3, -0.25) is 13.9 Å². The molecule has 0 heterocycles. The van der Waals surface area contributed by atoms with Crippen LogP contribution in [0.5, 0.6) is 5.75 Å². The number of nitrogens with one attached hydrogen (secondary N) is 1. The molecule has 0 radical (unpaired) electrons. The number of anilines is 1. The van der Waals surface area contributed by atoms with Crippen molar-refractivity contribution < 1.29 is 22.7 Å². The van der Waals surface area contributed by atoms with E-state index in [9.17, 15) is 18.0 Å². The van der Waals surface area contributed by atoms with E-state index in [1.54, 1.807) is 80.6 Å². The standard InChI is InChI=1S/C29H34ClN3O5S/c1-5-38-27-18-12-11-17-26(27)33(39(36,37)24-14-7-6-8-15-24)20-28(34)32(22(4)29(35)31-21(2)3)19-23-13-9-10-16-25(23)30/h6-18,21-22H,5,19-20H2,1-4H3,(H,31,35)/t22-/m0/s1. The third-order valence-electron chi connectivity index (χ3n) is 5.94. The Morgan fingerprint density at radius 3 is 2.18 bits per heavy atom. The molecule has 39 heavy (non-hydrogen) atoms. The van der Waals surface area contributed by atoms with E-state index >= 15 is 0 Å². The number of benzene rings is 3. The molecule has 3 rings (SSSR count). The highest BCUT2D eigenvalue weighted by Crippen LogP contribution is 2.33. The minimum absolute atomic E-state index is 0.0114. The molecule has 0 fully saturated rings. The van der Waals surface area contributed by atoms with Gasteiger partial charge in [0.2, 0.25) is 11.8 Å². The SMILES string of the molecule is CCOc1ccccc1N(CC(=O)N(Cc1ccccc1Cl)[C@@H](C)C(=O)NC(C)C)S(=O)(=O)c1ccccc1. The molecule has 3 aromatic carbocycles. The zero-order valence-corrected chi connectivity index (χ0v) is 24.1. The van der Waals surface area contributed by atoms with Crippen molar-refractivity contribution in [1.29, 1.82) is 0 Å². The monoisotopic (exact) mass is 571 g/mol. The quantitative estimate of drug-likeness (QED) is 0.334. The molecule has 0 aliphatic rings. The summed E-state index contributed by atoms with van der Waals surface area (Å²) in [6, 6.07) is 20.5. The molecular formula is C29H34ClN3O5S. The van der Waals surface area contributed by atoms with E-state index in [2.05, 4.69) is 5.32 Å². The highest BCUT2D eigenvalue weighted by Gasteiger charge is 2.34. The van der Waals surface area contributed by atoms with Crippen LogP contribution >= 0.6 is 11.6 Å². The summed E-state index contributed by atoms with van der Waals surface area (Å²) in [6.45, 7) is 6.79. The number of halogens is 1. The lowest BCUT2D eigenvalue weighted by molar-refractivity contribution is -0.139. The second kappa shape index (κ2) is 13.5. The van der Waals surface area contributed by atoms with Crippen molar-refractivity contribution in [1.82, 2.24) is 10.2 Å². The first-order valence-electron chi connectivity index (χ1n) is 12.7. The number of hydrogen-bond acceptors (Lipinski definition) is 5. The fourth-order valence-electron chi connectivity index (χ4n) is 3.97. The summed E-state index contributed by atoms with van der Waals surface area (Å²) in [7, 11) is -4.19. The Morgan fingerprint density at radius 2 is 1.54 bits per heavy atom. The molecule has 0 aromatic heterocycles. The van der Waals surface area contributed by atoms with Gasteiger partial charge < -0.3 is 15.0 Å². The molecule has 0 saturated heterocycles. The molecule has 0 aliphatic carbocycles. The predicted molar refractivity (Wildman–Crippen MR) is 153 cm³/mol. The van der Waals surface area contributed by atoms with Gasteiger partial charge in [0.05, 0.1) is 17.2 Å². The predicted octanol–water partition coefficient (Wildman–Crippen LogP) is 4.88.